The highest BCUT2D eigenvalue weighted by Gasteiger charge is 2.47. The summed E-state index contributed by atoms with van der Waals surface area (Å²) in [5, 5.41) is 2.74. The van der Waals surface area contributed by atoms with Crippen LogP contribution in [0.5, 0.6) is 0 Å². The molecule has 2 aliphatic heterocycles. The molecule has 2 heterocycles. The molecule has 2 aliphatic rings. The predicted molar refractivity (Wildman–Crippen MR) is 80.3 cm³/mol. The zero-order valence-electron chi connectivity index (χ0n) is 11.6. The van der Waals surface area contributed by atoms with E-state index >= 15 is 0 Å². The summed E-state index contributed by atoms with van der Waals surface area (Å²) < 4.78 is 0. The van der Waals surface area contributed by atoms with Crippen LogP contribution in [0.15, 0.2) is 42.5 Å². The molecule has 0 spiro atoms. The van der Waals surface area contributed by atoms with E-state index in [4.69, 9.17) is 0 Å². The van der Waals surface area contributed by atoms with E-state index in [2.05, 4.69) is 54.4 Å². The van der Waals surface area contributed by atoms with Gasteiger partial charge < -0.3 is 0 Å². The molecule has 0 N–H and O–H groups in total. The van der Waals surface area contributed by atoms with Gasteiger partial charge in [-0.15, -0.1) is 0 Å². The van der Waals surface area contributed by atoms with Gasteiger partial charge in [0.1, 0.15) is 0 Å². The normalized spacial score (nSPS) is 30.9. The molecule has 0 aromatic heterocycles. The SMILES string of the molecule is CN1C2CCCC1(c1ccc3ccccc3c1)CC2. The van der Waals surface area contributed by atoms with Gasteiger partial charge in [0, 0.05) is 11.6 Å². The zero-order valence-corrected chi connectivity index (χ0v) is 11.6. The van der Waals surface area contributed by atoms with E-state index in [0.29, 0.717) is 5.54 Å². The van der Waals surface area contributed by atoms with Crippen LogP contribution in [0.4, 0.5) is 0 Å². The van der Waals surface area contributed by atoms with E-state index in [0.717, 1.165) is 6.04 Å². The molecule has 2 bridgehead atoms. The summed E-state index contributed by atoms with van der Waals surface area (Å²) in [5.74, 6) is 0. The molecule has 2 aromatic rings. The summed E-state index contributed by atoms with van der Waals surface area (Å²) in [6, 6.07) is 16.6. The van der Waals surface area contributed by atoms with Gasteiger partial charge in [-0.1, -0.05) is 36.4 Å². The molecule has 2 atom stereocenters. The summed E-state index contributed by atoms with van der Waals surface area (Å²) in [6.45, 7) is 0. The average Bonchev–Trinajstić information content (AvgIpc) is 2.66. The standard InChI is InChI=1S/C18H21N/c1-19-17-7-4-11-18(19,12-10-17)16-9-8-14-5-2-3-6-15(14)13-16/h2-3,5-6,8-9,13,17H,4,7,10-12H2,1H3. The highest BCUT2D eigenvalue weighted by molar-refractivity contribution is 5.83. The van der Waals surface area contributed by atoms with Crippen molar-refractivity contribution in [2.24, 2.45) is 0 Å². The van der Waals surface area contributed by atoms with Crippen LogP contribution in [0.2, 0.25) is 0 Å². The Morgan fingerprint density at radius 3 is 2.74 bits per heavy atom. The number of rotatable bonds is 1. The number of benzene rings is 2. The van der Waals surface area contributed by atoms with Crippen molar-refractivity contribution in [1.29, 1.82) is 0 Å². The van der Waals surface area contributed by atoms with Gasteiger partial charge in [-0.2, -0.15) is 0 Å². The lowest BCUT2D eigenvalue weighted by Gasteiger charge is -2.43. The Bertz CT molecular complexity index is 614. The maximum absolute atomic E-state index is 2.67. The van der Waals surface area contributed by atoms with Crippen molar-refractivity contribution >= 4 is 10.8 Å². The second-order valence-corrected chi connectivity index (χ2v) is 6.29. The number of nitrogens with zero attached hydrogens (tertiary/aromatic N) is 1. The van der Waals surface area contributed by atoms with Crippen molar-refractivity contribution in [2.75, 3.05) is 7.05 Å². The Kier molecular flexibility index (Phi) is 2.46. The van der Waals surface area contributed by atoms with Crippen molar-refractivity contribution in [2.45, 2.75) is 43.7 Å². The van der Waals surface area contributed by atoms with E-state index in [1.54, 1.807) is 0 Å². The second kappa shape index (κ2) is 4.08. The van der Waals surface area contributed by atoms with Gasteiger partial charge in [-0.3, -0.25) is 4.90 Å². The Morgan fingerprint density at radius 1 is 1.00 bits per heavy atom. The number of hydrogen-bond donors (Lipinski definition) is 0. The van der Waals surface area contributed by atoms with Crippen LogP contribution in [0, 0.1) is 0 Å². The first-order valence-corrected chi connectivity index (χ1v) is 7.52. The lowest BCUT2D eigenvalue weighted by molar-refractivity contribution is 0.0806. The maximum Gasteiger partial charge on any atom is 0.0461 e. The average molecular weight is 251 g/mol. The van der Waals surface area contributed by atoms with E-state index in [9.17, 15) is 0 Å². The fourth-order valence-electron chi connectivity index (χ4n) is 4.37. The Hall–Kier alpha value is -1.34. The first-order chi connectivity index (χ1) is 9.29. The van der Waals surface area contributed by atoms with Crippen molar-refractivity contribution in [3.05, 3.63) is 48.0 Å². The highest BCUT2D eigenvalue weighted by atomic mass is 15.2. The third kappa shape index (κ3) is 1.58. The monoisotopic (exact) mass is 251 g/mol. The summed E-state index contributed by atoms with van der Waals surface area (Å²) in [5.41, 5.74) is 1.86. The van der Waals surface area contributed by atoms with Crippen LogP contribution in [0.3, 0.4) is 0 Å². The molecule has 19 heavy (non-hydrogen) atoms. The van der Waals surface area contributed by atoms with Gasteiger partial charge in [-0.05, 0) is 61.6 Å². The molecule has 0 radical (unpaired) electrons. The molecule has 0 saturated carbocycles. The molecule has 2 saturated heterocycles. The fourth-order valence-corrected chi connectivity index (χ4v) is 4.37. The second-order valence-electron chi connectivity index (χ2n) is 6.29. The van der Waals surface area contributed by atoms with Gasteiger partial charge in [0.15, 0.2) is 0 Å². The summed E-state index contributed by atoms with van der Waals surface area (Å²) in [4.78, 5) is 2.67. The molecule has 2 aromatic carbocycles. The molecule has 4 rings (SSSR count). The number of piperidine rings is 1. The minimum atomic E-state index is 0.326. The summed E-state index contributed by atoms with van der Waals surface area (Å²) >= 11 is 0. The molecule has 1 heteroatoms. The van der Waals surface area contributed by atoms with Gasteiger partial charge in [0.25, 0.3) is 0 Å². The van der Waals surface area contributed by atoms with E-state index in [-0.39, 0.29) is 0 Å². The molecule has 2 fully saturated rings. The molecule has 2 unspecified atom stereocenters. The quantitative estimate of drug-likeness (QED) is 0.730. The van der Waals surface area contributed by atoms with Crippen LogP contribution in [-0.2, 0) is 5.54 Å². The Morgan fingerprint density at radius 2 is 1.84 bits per heavy atom. The van der Waals surface area contributed by atoms with Crippen molar-refractivity contribution in [1.82, 2.24) is 4.90 Å². The lowest BCUT2D eigenvalue weighted by Crippen LogP contribution is -2.45. The van der Waals surface area contributed by atoms with Crippen molar-refractivity contribution in [3.8, 4) is 0 Å². The molecular weight excluding hydrogens is 230 g/mol. The fraction of sp³-hybridized carbons (Fsp3) is 0.444. The van der Waals surface area contributed by atoms with Gasteiger partial charge in [0.2, 0.25) is 0 Å². The Balaban J connectivity index is 1.85. The zero-order chi connectivity index (χ0) is 12.9. The highest BCUT2D eigenvalue weighted by Crippen LogP contribution is 2.49. The molecule has 0 amide bonds. The lowest BCUT2D eigenvalue weighted by atomic mass is 9.81. The molecule has 0 aliphatic carbocycles. The maximum atomic E-state index is 2.67. The summed E-state index contributed by atoms with van der Waals surface area (Å²) in [7, 11) is 2.34. The predicted octanol–water partition coefficient (Wildman–Crippen LogP) is 4.31. The number of hydrogen-bond acceptors (Lipinski definition) is 1. The smallest absolute Gasteiger partial charge is 0.0461 e. The van der Waals surface area contributed by atoms with Gasteiger partial charge in [-0.25, -0.2) is 0 Å². The minimum absolute atomic E-state index is 0.326. The molecule has 98 valence electrons. The summed E-state index contributed by atoms with van der Waals surface area (Å²) in [6.07, 6.45) is 6.84. The van der Waals surface area contributed by atoms with Crippen LogP contribution < -0.4 is 0 Å². The van der Waals surface area contributed by atoms with Crippen LogP contribution in [0.1, 0.15) is 37.7 Å². The third-order valence-corrected chi connectivity index (χ3v) is 5.53. The Labute approximate surface area is 115 Å². The topological polar surface area (TPSA) is 3.24 Å². The van der Waals surface area contributed by atoms with E-state index in [1.165, 1.54) is 48.4 Å². The van der Waals surface area contributed by atoms with Gasteiger partial charge in [0.05, 0.1) is 0 Å². The van der Waals surface area contributed by atoms with E-state index < -0.39 is 0 Å². The number of fused-ring (bicyclic) bond motifs is 3. The van der Waals surface area contributed by atoms with Crippen LogP contribution in [0.25, 0.3) is 10.8 Å². The first-order valence-electron chi connectivity index (χ1n) is 7.52. The van der Waals surface area contributed by atoms with Gasteiger partial charge >= 0.3 is 0 Å². The van der Waals surface area contributed by atoms with Crippen LogP contribution in [-0.4, -0.2) is 18.0 Å². The van der Waals surface area contributed by atoms with E-state index in [1.807, 2.05) is 0 Å². The molecule has 1 nitrogen and oxygen atoms in total. The third-order valence-electron chi connectivity index (χ3n) is 5.53. The minimum Gasteiger partial charge on any atom is -0.294 e. The van der Waals surface area contributed by atoms with Crippen molar-refractivity contribution < 1.29 is 0 Å². The largest absolute Gasteiger partial charge is 0.294 e. The molecular formula is C18H21N. The van der Waals surface area contributed by atoms with Crippen LogP contribution >= 0.6 is 0 Å². The first kappa shape index (κ1) is 11.5. The van der Waals surface area contributed by atoms with Crippen molar-refractivity contribution in [3.63, 3.8) is 0 Å².